The maximum absolute atomic E-state index is 12.7. The molecule has 3 rings (SSSR count). The first kappa shape index (κ1) is 26.8. The van der Waals surface area contributed by atoms with Gasteiger partial charge in [0.15, 0.2) is 11.5 Å². The minimum absolute atomic E-state index is 0.0390. The van der Waals surface area contributed by atoms with Gasteiger partial charge < -0.3 is 19.5 Å². The van der Waals surface area contributed by atoms with E-state index in [4.69, 9.17) is 14.2 Å². The second kappa shape index (κ2) is 11.3. The van der Waals surface area contributed by atoms with Crippen molar-refractivity contribution >= 4 is 23.4 Å². The Morgan fingerprint density at radius 1 is 0.973 bits per heavy atom. The number of hydrogen-bond acceptors (Lipinski definition) is 7. The monoisotopic (exact) mass is 501 g/mol. The van der Waals surface area contributed by atoms with Crippen LogP contribution in [0.15, 0.2) is 66.2 Å². The summed E-state index contributed by atoms with van der Waals surface area (Å²) in [6.45, 7) is 6.26. The Morgan fingerprint density at radius 2 is 1.62 bits per heavy atom. The van der Waals surface area contributed by atoms with Crippen molar-refractivity contribution in [3.8, 4) is 29.1 Å². The standard InChI is InChI=1S/C28H27N3O6/c1-28(2,3)20-7-10-22(11-8-20)37-24-12-6-18(15-23(24)31(33)34)14-19(17-29)27(32)30-21-9-13-25(35-4)26(16-21)36-5/h6-16H,1-5H3,(H,30,32). The third-order valence-electron chi connectivity index (χ3n) is 5.45. The van der Waals surface area contributed by atoms with E-state index >= 15 is 0 Å². The Balaban J connectivity index is 1.84. The smallest absolute Gasteiger partial charge is 0.312 e. The molecule has 0 aliphatic carbocycles. The van der Waals surface area contributed by atoms with Crippen molar-refractivity contribution in [3.05, 3.63) is 87.5 Å². The van der Waals surface area contributed by atoms with Crippen molar-refractivity contribution in [1.82, 2.24) is 0 Å². The van der Waals surface area contributed by atoms with Crippen LogP contribution in [-0.2, 0) is 10.2 Å². The molecule has 190 valence electrons. The lowest BCUT2D eigenvalue weighted by molar-refractivity contribution is -0.385. The van der Waals surface area contributed by atoms with E-state index in [1.165, 1.54) is 38.5 Å². The fraction of sp³-hybridized carbons (Fsp3) is 0.214. The van der Waals surface area contributed by atoms with Crippen molar-refractivity contribution in [2.24, 2.45) is 0 Å². The Morgan fingerprint density at radius 3 is 2.19 bits per heavy atom. The number of benzene rings is 3. The van der Waals surface area contributed by atoms with Crippen molar-refractivity contribution < 1.29 is 23.9 Å². The van der Waals surface area contributed by atoms with E-state index in [0.29, 0.717) is 28.5 Å². The van der Waals surface area contributed by atoms with E-state index in [-0.39, 0.29) is 22.4 Å². The third-order valence-corrected chi connectivity index (χ3v) is 5.45. The maximum atomic E-state index is 12.7. The Hall–Kier alpha value is -4.84. The van der Waals surface area contributed by atoms with E-state index in [9.17, 15) is 20.2 Å². The highest BCUT2D eigenvalue weighted by molar-refractivity contribution is 6.09. The molecule has 0 heterocycles. The summed E-state index contributed by atoms with van der Waals surface area (Å²) in [4.78, 5) is 23.8. The van der Waals surface area contributed by atoms with Crippen LogP contribution in [0.3, 0.4) is 0 Å². The van der Waals surface area contributed by atoms with Gasteiger partial charge in [0.05, 0.1) is 19.1 Å². The van der Waals surface area contributed by atoms with Gasteiger partial charge in [-0.3, -0.25) is 14.9 Å². The van der Waals surface area contributed by atoms with E-state index < -0.39 is 10.8 Å². The number of nitro benzene ring substituents is 1. The Bertz CT molecular complexity index is 1380. The lowest BCUT2D eigenvalue weighted by Gasteiger charge is -2.19. The van der Waals surface area contributed by atoms with Crippen LogP contribution in [0.4, 0.5) is 11.4 Å². The lowest BCUT2D eigenvalue weighted by atomic mass is 9.87. The molecule has 0 aliphatic rings. The zero-order chi connectivity index (χ0) is 27.2. The molecule has 1 N–H and O–H groups in total. The predicted molar refractivity (Wildman–Crippen MR) is 140 cm³/mol. The molecule has 0 unspecified atom stereocenters. The molecule has 1 amide bonds. The molecule has 0 fully saturated rings. The van der Waals surface area contributed by atoms with E-state index in [0.717, 1.165) is 5.56 Å². The summed E-state index contributed by atoms with van der Waals surface area (Å²) < 4.78 is 16.2. The molecule has 3 aromatic rings. The van der Waals surface area contributed by atoms with Gasteiger partial charge in [0.2, 0.25) is 5.75 Å². The number of nitrogens with zero attached hydrogens (tertiary/aromatic N) is 2. The number of rotatable bonds is 8. The van der Waals surface area contributed by atoms with Gasteiger partial charge in [0.1, 0.15) is 17.4 Å². The summed E-state index contributed by atoms with van der Waals surface area (Å²) in [6, 6.07) is 18.1. The number of nitro groups is 1. The summed E-state index contributed by atoms with van der Waals surface area (Å²) in [7, 11) is 2.95. The minimum Gasteiger partial charge on any atom is -0.493 e. The van der Waals surface area contributed by atoms with Gasteiger partial charge in [-0.25, -0.2) is 0 Å². The SMILES string of the molecule is COc1ccc(NC(=O)C(C#N)=Cc2ccc(Oc3ccc(C(C)(C)C)cc3)c([N+](=O)[O-])c2)cc1OC. The summed E-state index contributed by atoms with van der Waals surface area (Å²) in [6.07, 6.45) is 1.27. The molecule has 3 aromatic carbocycles. The molecule has 37 heavy (non-hydrogen) atoms. The molecule has 9 heteroatoms. The second-order valence-corrected chi connectivity index (χ2v) is 9.05. The van der Waals surface area contributed by atoms with E-state index in [2.05, 4.69) is 26.1 Å². The van der Waals surface area contributed by atoms with Crippen LogP contribution in [0.25, 0.3) is 6.08 Å². The molecular formula is C28H27N3O6. The predicted octanol–water partition coefficient (Wildman–Crippen LogP) is 6.25. The number of carbonyl (C=O) groups is 1. The molecule has 0 atom stereocenters. The average Bonchev–Trinajstić information content (AvgIpc) is 2.87. The van der Waals surface area contributed by atoms with Gasteiger partial charge in [-0.2, -0.15) is 5.26 Å². The van der Waals surface area contributed by atoms with Crippen molar-refractivity contribution in [2.75, 3.05) is 19.5 Å². The number of hydrogen-bond donors (Lipinski definition) is 1. The maximum Gasteiger partial charge on any atom is 0.312 e. The van der Waals surface area contributed by atoms with Crippen LogP contribution in [0.5, 0.6) is 23.0 Å². The second-order valence-electron chi connectivity index (χ2n) is 9.05. The van der Waals surface area contributed by atoms with Gasteiger partial charge in [-0.1, -0.05) is 39.0 Å². The summed E-state index contributed by atoms with van der Waals surface area (Å²) in [5.74, 6) is 0.695. The largest absolute Gasteiger partial charge is 0.493 e. The molecule has 9 nitrogen and oxygen atoms in total. The van der Waals surface area contributed by atoms with Crippen LogP contribution < -0.4 is 19.5 Å². The number of amides is 1. The summed E-state index contributed by atoms with van der Waals surface area (Å²) in [5, 5.41) is 23.9. The van der Waals surface area contributed by atoms with Crippen LogP contribution in [-0.4, -0.2) is 25.1 Å². The lowest BCUT2D eigenvalue weighted by Crippen LogP contribution is -2.13. The zero-order valence-corrected chi connectivity index (χ0v) is 21.2. The van der Waals surface area contributed by atoms with Crippen LogP contribution in [0.1, 0.15) is 31.9 Å². The van der Waals surface area contributed by atoms with Gasteiger partial charge in [0.25, 0.3) is 5.91 Å². The fourth-order valence-electron chi connectivity index (χ4n) is 3.43. The first-order chi connectivity index (χ1) is 17.5. The highest BCUT2D eigenvalue weighted by atomic mass is 16.6. The fourth-order valence-corrected chi connectivity index (χ4v) is 3.43. The van der Waals surface area contributed by atoms with Gasteiger partial charge in [0, 0.05) is 17.8 Å². The van der Waals surface area contributed by atoms with Crippen LogP contribution >= 0.6 is 0 Å². The number of anilines is 1. The average molecular weight is 502 g/mol. The van der Waals surface area contributed by atoms with Gasteiger partial charge in [-0.15, -0.1) is 0 Å². The molecular weight excluding hydrogens is 474 g/mol. The molecule has 0 bridgehead atoms. The number of carbonyl (C=O) groups excluding carboxylic acids is 1. The molecule has 0 saturated carbocycles. The number of ether oxygens (including phenoxy) is 3. The number of nitriles is 1. The van der Waals surface area contributed by atoms with Crippen molar-refractivity contribution in [3.63, 3.8) is 0 Å². The molecule has 0 spiro atoms. The van der Waals surface area contributed by atoms with Crippen LogP contribution in [0, 0.1) is 21.4 Å². The van der Waals surface area contributed by atoms with Crippen LogP contribution in [0.2, 0.25) is 0 Å². The third kappa shape index (κ3) is 6.64. The van der Waals surface area contributed by atoms with Crippen molar-refractivity contribution in [1.29, 1.82) is 5.26 Å². The van der Waals surface area contributed by atoms with Gasteiger partial charge >= 0.3 is 5.69 Å². The molecule has 0 aromatic heterocycles. The van der Waals surface area contributed by atoms with Crippen molar-refractivity contribution in [2.45, 2.75) is 26.2 Å². The Kier molecular flexibility index (Phi) is 8.15. The highest BCUT2D eigenvalue weighted by Crippen LogP contribution is 2.34. The number of methoxy groups -OCH3 is 2. The quantitative estimate of drug-likeness (QED) is 0.167. The molecule has 0 saturated heterocycles. The topological polar surface area (TPSA) is 124 Å². The number of nitrogens with one attached hydrogen (secondary N) is 1. The molecule has 0 radical (unpaired) electrons. The highest BCUT2D eigenvalue weighted by Gasteiger charge is 2.19. The zero-order valence-electron chi connectivity index (χ0n) is 21.2. The first-order valence-corrected chi connectivity index (χ1v) is 11.3. The Labute approximate surface area is 215 Å². The summed E-state index contributed by atoms with van der Waals surface area (Å²) >= 11 is 0. The first-order valence-electron chi connectivity index (χ1n) is 11.3. The van der Waals surface area contributed by atoms with Gasteiger partial charge in [-0.05, 0) is 52.9 Å². The normalized spacial score (nSPS) is 11.3. The minimum atomic E-state index is -0.684. The molecule has 0 aliphatic heterocycles. The summed E-state index contributed by atoms with van der Waals surface area (Å²) in [5.41, 5.74) is 1.20. The van der Waals surface area contributed by atoms with E-state index in [1.54, 1.807) is 30.3 Å². The van der Waals surface area contributed by atoms with E-state index in [1.807, 2.05) is 18.2 Å².